The third kappa shape index (κ3) is 1.68. The predicted octanol–water partition coefficient (Wildman–Crippen LogP) is 3.23. The fraction of sp³-hybridized carbons (Fsp3) is 0.400. The summed E-state index contributed by atoms with van der Waals surface area (Å²) >= 11 is 0. The average molecular weight is 227 g/mol. The van der Waals surface area contributed by atoms with Crippen molar-refractivity contribution in [3.05, 3.63) is 42.5 Å². The van der Waals surface area contributed by atoms with Crippen LogP contribution in [0.3, 0.4) is 0 Å². The van der Waals surface area contributed by atoms with Crippen molar-refractivity contribution in [2.75, 3.05) is 5.32 Å². The van der Waals surface area contributed by atoms with Gasteiger partial charge in [0.2, 0.25) is 5.91 Å². The first-order chi connectivity index (χ1) is 8.18. The van der Waals surface area contributed by atoms with Gasteiger partial charge >= 0.3 is 0 Å². The van der Waals surface area contributed by atoms with Gasteiger partial charge in [0, 0.05) is 5.69 Å². The number of carbonyl (C=O) groups is 1. The Morgan fingerprint density at radius 3 is 2.65 bits per heavy atom. The van der Waals surface area contributed by atoms with Crippen LogP contribution in [0.1, 0.15) is 19.8 Å². The van der Waals surface area contributed by atoms with E-state index < -0.39 is 0 Å². The molecule has 1 amide bonds. The van der Waals surface area contributed by atoms with Gasteiger partial charge in [-0.25, -0.2) is 0 Å². The van der Waals surface area contributed by atoms with E-state index in [-0.39, 0.29) is 11.3 Å². The quantitative estimate of drug-likeness (QED) is 0.772. The molecule has 0 saturated heterocycles. The standard InChI is InChI=1S/C15H17NO/c1-15(10-11-7-8-12(15)9-11)14(17)16-13-5-3-2-4-6-13/h2-8,11-12H,9-10H2,1H3,(H,16,17). The highest BCUT2D eigenvalue weighted by Gasteiger charge is 2.49. The Bertz CT molecular complexity index is 465. The maximum Gasteiger partial charge on any atom is 0.230 e. The molecule has 2 nitrogen and oxygen atoms in total. The molecule has 2 bridgehead atoms. The van der Waals surface area contributed by atoms with Gasteiger partial charge in [-0.2, -0.15) is 0 Å². The first-order valence-corrected chi connectivity index (χ1v) is 6.23. The summed E-state index contributed by atoms with van der Waals surface area (Å²) in [7, 11) is 0. The Labute approximate surface area is 102 Å². The lowest BCUT2D eigenvalue weighted by Crippen LogP contribution is -2.36. The van der Waals surface area contributed by atoms with Gasteiger partial charge in [0.15, 0.2) is 0 Å². The molecular formula is C15H17NO. The maximum atomic E-state index is 12.4. The van der Waals surface area contributed by atoms with Crippen LogP contribution in [0.4, 0.5) is 5.69 Å². The number of hydrogen-bond donors (Lipinski definition) is 1. The molecule has 2 aliphatic rings. The third-order valence-electron chi connectivity index (χ3n) is 4.23. The summed E-state index contributed by atoms with van der Waals surface area (Å²) in [5.41, 5.74) is 0.681. The van der Waals surface area contributed by atoms with E-state index in [1.54, 1.807) is 0 Å². The number of nitrogens with one attached hydrogen (secondary N) is 1. The lowest BCUT2D eigenvalue weighted by atomic mass is 9.77. The van der Waals surface area contributed by atoms with Crippen molar-refractivity contribution in [1.29, 1.82) is 0 Å². The second-order valence-corrected chi connectivity index (χ2v) is 5.43. The van der Waals surface area contributed by atoms with Crippen molar-refractivity contribution in [2.45, 2.75) is 19.8 Å². The lowest BCUT2D eigenvalue weighted by Gasteiger charge is -2.29. The second kappa shape index (κ2) is 3.73. The van der Waals surface area contributed by atoms with E-state index in [0.29, 0.717) is 11.8 Å². The number of benzene rings is 1. The fourth-order valence-corrected chi connectivity index (χ4v) is 3.15. The molecule has 1 fully saturated rings. The summed E-state index contributed by atoms with van der Waals surface area (Å²) < 4.78 is 0. The van der Waals surface area contributed by atoms with E-state index in [1.807, 2.05) is 30.3 Å². The highest BCUT2D eigenvalue weighted by Crippen LogP contribution is 2.52. The minimum absolute atomic E-state index is 0.167. The van der Waals surface area contributed by atoms with Crippen molar-refractivity contribution >= 4 is 11.6 Å². The van der Waals surface area contributed by atoms with Gasteiger partial charge in [0.05, 0.1) is 5.41 Å². The topological polar surface area (TPSA) is 29.1 Å². The Balaban J connectivity index is 1.77. The summed E-state index contributed by atoms with van der Waals surface area (Å²) in [5, 5.41) is 3.04. The molecule has 3 atom stereocenters. The van der Waals surface area contributed by atoms with Gasteiger partial charge < -0.3 is 5.32 Å². The summed E-state index contributed by atoms with van der Waals surface area (Å²) in [5.74, 6) is 1.21. The predicted molar refractivity (Wildman–Crippen MR) is 68.5 cm³/mol. The minimum atomic E-state index is -0.213. The molecule has 1 N–H and O–H groups in total. The van der Waals surface area contributed by atoms with Gasteiger partial charge in [0.25, 0.3) is 0 Å². The van der Waals surface area contributed by atoms with E-state index in [1.165, 1.54) is 0 Å². The van der Waals surface area contributed by atoms with Gasteiger partial charge in [-0.05, 0) is 36.8 Å². The molecule has 1 aromatic carbocycles. The first kappa shape index (κ1) is 10.6. The number of carbonyl (C=O) groups excluding carboxylic acids is 1. The molecule has 0 heterocycles. The monoisotopic (exact) mass is 227 g/mol. The van der Waals surface area contributed by atoms with E-state index in [2.05, 4.69) is 24.4 Å². The molecule has 0 radical (unpaired) electrons. The number of allylic oxidation sites excluding steroid dienone is 2. The molecule has 1 saturated carbocycles. The molecule has 3 unspecified atom stereocenters. The molecule has 0 aromatic heterocycles. The average Bonchev–Trinajstić information content (AvgIpc) is 2.90. The highest BCUT2D eigenvalue weighted by atomic mass is 16.2. The van der Waals surface area contributed by atoms with Crippen LogP contribution in [0.2, 0.25) is 0 Å². The zero-order valence-electron chi connectivity index (χ0n) is 10.0. The van der Waals surface area contributed by atoms with Crippen LogP contribution in [0.5, 0.6) is 0 Å². The van der Waals surface area contributed by atoms with Crippen LogP contribution in [-0.4, -0.2) is 5.91 Å². The molecule has 0 spiro atoms. The van der Waals surface area contributed by atoms with E-state index >= 15 is 0 Å². The van der Waals surface area contributed by atoms with Gasteiger partial charge in [-0.3, -0.25) is 4.79 Å². The molecule has 1 aromatic rings. The largest absolute Gasteiger partial charge is 0.326 e. The molecular weight excluding hydrogens is 210 g/mol. The molecule has 17 heavy (non-hydrogen) atoms. The van der Waals surface area contributed by atoms with Crippen molar-refractivity contribution in [1.82, 2.24) is 0 Å². The van der Waals surface area contributed by atoms with Gasteiger partial charge in [0.1, 0.15) is 0 Å². The Hall–Kier alpha value is -1.57. The van der Waals surface area contributed by atoms with Gasteiger partial charge in [-0.1, -0.05) is 37.3 Å². The Kier molecular flexibility index (Phi) is 2.32. The number of rotatable bonds is 2. The fourth-order valence-electron chi connectivity index (χ4n) is 3.15. The smallest absolute Gasteiger partial charge is 0.230 e. The number of amides is 1. The summed E-state index contributed by atoms with van der Waals surface area (Å²) in [6, 6.07) is 9.71. The van der Waals surface area contributed by atoms with Gasteiger partial charge in [-0.15, -0.1) is 0 Å². The van der Waals surface area contributed by atoms with Crippen LogP contribution in [0.15, 0.2) is 42.5 Å². The van der Waals surface area contributed by atoms with Crippen molar-refractivity contribution in [3.8, 4) is 0 Å². The van der Waals surface area contributed by atoms with Crippen molar-refractivity contribution < 1.29 is 4.79 Å². The van der Waals surface area contributed by atoms with Crippen LogP contribution < -0.4 is 5.32 Å². The van der Waals surface area contributed by atoms with E-state index in [9.17, 15) is 4.79 Å². The molecule has 2 aliphatic carbocycles. The number of fused-ring (bicyclic) bond motifs is 2. The van der Waals surface area contributed by atoms with E-state index in [4.69, 9.17) is 0 Å². The second-order valence-electron chi connectivity index (χ2n) is 5.43. The third-order valence-corrected chi connectivity index (χ3v) is 4.23. The summed E-state index contributed by atoms with van der Waals surface area (Å²) in [6.45, 7) is 2.10. The maximum absolute atomic E-state index is 12.4. The van der Waals surface area contributed by atoms with Crippen molar-refractivity contribution in [2.24, 2.45) is 17.3 Å². The van der Waals surface area contributed by atoms with Crippen LogP contribution in [0, 0.1) is 17.3 Å². The van der Waals surface area contributed by atoms with Crippen LogP contribution >= 0.6 is 0 Å². The number of anilines is 1. The lowest BCUT2D eigenvalue weighted by molar-refractivity contribution is -0.126. The van der Waals surface area contributed by atoms with Crippen molar-refractivity contribution in [3.63, 3.8) is 0 Å². The summed E-state index contributed by atoms with van der Waals surface area (Å²) in [6.07, 6.45) is 6.63. The SMILES string of the molecule is CC1(C(=O)Nc2ccccc2)CC2C=CC1C2. The number of para-hydroxylation sites is 1. The highest BCUT2D eigenvalue weighted by molar-refractivity contribution is 5.95. The zero-order chi connectivity index (χ0) is 11.9. The minimum Gasteiger partial charge on any atom is -0.326 e. The Morgan fingerprint density at radius 1 is 1.29 bits per heavy atom. The zero-order valence-corrected chi connectivity index (χ0v) is 10.0. The first-order valence-electron chi connectivity index (χ1n) is 6.23. The molecule has 3 rings (SSSR count). The Morgan fingerprint density at radius 2 is 2.06 bits per heavy atom. The normalized spacial score (nSPS) is 33.9. The van der Waals surface area contributed by atoms with Crippen LogP contribution in [-0.2, 0) is 4.79 Å². The summed E-state index contributed by atoms with van der Waals surface area (Å²) in [4.78, 5) is 12.4. The number of hydrogen-bond acceptors (Lipinski definition) is 1. The molecule has 0 aliphatic heterocycles. The van der Waals surface area contributed by atoms with Crippen LogP contribution in [0.25, 0.3) is 0 Å². The molecule has 88 valence electrons. The molecule has 2 heteroatoms. The van der Waals surface area contributed by atoms with E-state index in [0.717, 1.165) is 18.5 Å².